The predicted molar refractivity (Wildman–Crippen MR) is 118 cm³/mol. The van der Waals surface area contributed by atoms with Crippen LogP contribution in [0.3, 0.4) is 0 Å². The van der Waals surface area contributed by atoms with Gasteiger partial charge >= 0.3 is 6.09 Å². The van der Waals surface area contributed by atoms with E-state index in [4.69, 9.17) is 4.98 Å². The molecular weight excluding hydrogens is 450 g/mol. The van der Waals surface area contributed by atoms with E-state index in [1.165, 1.54) is 0 Å². The quantitative estimate of drug-likeness (QED) is 0.445. The number of nitrogens with one attached hydrogen (secondary N) is 4. The van der Waals surface area contributed by atoms with Crippen LogP contribution in [-0.4, -0.2) is 34.2 Å². The van der Waals surface area contributed by atoms with Gasteiger partial charge in [-0.2, -0.15) is 0 Å². The van der Waals surface area contributed by atoms with Crippen LogP contribution in [0.2, 0.25) is 0 Å². The number of carbonyl (C=O) groups excluding carboxylic acids is 1. The molecule has 0 radical (unpaired) electrons. The molecule has 1 aromatic carbocycles. The fraction of sp³-hybridized carbons (Fsp3) is 0.381. The molecular formula is C21H24BrN5O3. The van der Waals surface area contributed by atoms with Crippen molar-refractivity contribution in [3.8, 4) is 0 Å². The average Bonchev–Trinajstić information content (AvgIpc) is 3.09. The zero-order valence-electron chi connectivity index (χ0n) is 16.6. The maximum atomic E-state index is 12.5. The third-order valence-corrected chi connectivity index (χ3v) is 6.42. The number of aryl methyl sites for hydroxylation is 1. The van der Waals surface area contributed by atoms with Crippen molar-refractivity contribution in [1.29, 1.82) is 0 Å². The van der Waals surface area contributed by atoms with E-state index >= 15 is 0 Å². The van der Waals surface area contributed by atoms with Gasteiger partial charge in [-0.1, -0.05) is 25.0 Å². The maximum absolute atomic E-state index is 12.5. The number of hydrogen-bond donors (Lipinski definition) is 5. The first kappa shape index (κ1) is 20.5. The Balaban J connectivity index is 1.68. The zero-order valence-corrected chi connectivity index (χ0v) is 18.2. The molecule has 2 amide bonds. The minimum absolute atomic E-state index is 0.0754. The molecule has 2 aliphatic rings. The number of nitrogens with zero attached hydrogens (tertiary/aromatic N) is 1. The smallest absolute Gasteiger partial charge is 0.404 e. The van der Waals surface area contributed by atoms with Gasteiger partial charge in [0, 0.05) is 23.8 Å². The number of aromatic nitrogens is 1. The van der Waals surface area contributed by atoms with Gasteiger partial charge in [0.15, 0.2) is 0 Å². The van der Waals surface area contributed by atoms with Gasteiger partial charge in [0.25, 0.3) is 5.91 Å². The van der Waals surface area contributed by atoms with Gasteiger partial charge in [0.2, 0.25) is 0 Å². The van der Waals surface area contributed by atoms with Crippen molar-refractivity contribution < 1.29 is 14.7 Å². The summed E-state index contributed by atoms with van der Waals surface area (Å²) in [6.45, 7) is 2.42. The van der Waals surface area contributed by atoms with Crippen molar-refractivity contribution in [2.75, 3.05) is 10.6 Å². The summed E-state index contributed by atoms with van der Waals surface area (Å²) in [5.74, 6) is 0.919. The molecule has 30 heavy (non-hydrogen) atoms. The second kappa shape index (κ2) is 8.51. The zero-order chi connectivity index (χ0) is 21.3. The Morgan fingerprint density at radius 2 is 2.00 bits per heavy atom. The van der Waals surface area contributed by atoms with Crippen LogP contribution in [0.1, 0.15) is 47.2 Å². The van der Waals surface area contributed by atoms with Gasteiger partial charge in [-0.25, -0.2) is 9.78 Å². The van der Waals surface area contributed by atoms with Crippen LogP contribution in [0, 0.1) is 6.92 Å². The molecule has 0 spiro atoms. The van der Waals surface area contributed by atoms with Crippen molar-refractivity contribution in [2.45, 2.75) is 51.2 Å². The van der Waals surface area contributed by atoms with E-state index in [2.05, 4.69) is 37.2 Å². The monoisotopic (exact) mass is 473 g/mol. The Bertz CT molecular complexity index is 997. The molecule has 4 rings (SSSR count). The Kier molecular flexibility index (Phi) is 5.80. The number of carbonyl (C=O) groups is 2. The lowest BCUT2D eigenvalue weighted by molar-refractivity contribution is 0.0966. The molecule has 0 bridgehead atoms. The molecule has 9 heteroatoms. The first-order chi connectivity index (χ1) is 14.4. The third kappa shape index (κ3) is 4.21. The SMILES string of the molecule is Cc1cccc(Nc2nc(NC3CCCCC3NC(=O)O)c(Br)c3c2C(=O)NC3)c1. The maximum Gasteiger partial charge on any atom is 0.404 e. The van der Waals surface area contributed by atoms with Gasteiger partial charge in [0.1, 0.15) is 11.6 Å². The number of pyridine rings is 1. The number of fused-ring (bicyclic) bond motifs is 1. The summed E-state index contributed by atoms with van der Waals surface area (Å²) < 4.78 is 0.727. The van der Waals surface area contributed by atoms with Gasteiger partial charge < -0.3 is 26.4 Å². The highest BCUT2D eigenvalue weighted by atomic mass is 79.9. The molecule has 5 N–H and O–H groups in total. The van der Waals surface area contributed by atoms with Gasteiger partial charge in [-0.05, 0) is 53.4 Å². The summed E-state index contributed by atoms with van der Waals surface area (Å²) in [4.78, 5) is 28.4. The van der Waals surface area contributed by atoms with E-state index in [0.29, 0.717) is 23.7 Å². The minimum Gasteiger partial charge on any atom is -0.465 e. The normalized spacial score (nSPS) is 20.3. The summed E-state index contributed by atoms with van der Waals surface area (Å²) in [5.41, 5.74) is 3.31. The molecule has 2 aromatic rings. The van der Waals surface area contributed by atoms with Crippen LogP contribution in [0.4, 0.5) is 22.1 Å². The van der Waals surface area contributed by atoms with E-state index in [-0.39, 0.29) is 18.0 Å². The van der Waals surface area contributed by atoms with Crippen molar-refractivity contribution in [3.05, 3.63) is 45.4 Å². The average molecular weight is 474 g/mol. The van der Waals surface area contributed by atoms with Crippen LogP contribution >= 0.6 is 15.9 Å². The first-order valence-electron chi connectivity index (χ1n) is 10.0. The van der Waals surface area contributed by atoms with E-state index in [9.17, 15) is 14.7 Å². The van der Waals surface area contributed by atoms with Crippen LogP contribution in [0.5, 0.6) is 0 Å². The predicted octanol–water partition coefficient (Wildman–Crippen LogP) is 4.13. The standard InChI is InChI=1S/C21H24BrN5O3/c1-11-5-4-6-12(9-11)24-18-16-13(10-23-20(16)28)17(22)19(27-18)25-14-7-2-3-8-15(14)26-21(29)30/h4-6,9,14-15,26H,2-3,7-8,10H2,1H3,(H,23,28)(H,29,30)(H2,24,25,27). The number of halogens is 1. The van der Waals surface area contributed by atoms with Crippen LogP contribution in [0.25, 0.3) is 0 Å². The minimum atomic E-state index is -1.02. The fourth-order valence-electron chi connectivity index (χ4n) is 4.14. The Morgan fingerprint density at radius 3 is 2.73 bits per heavy atom. The van der Waals surface area contributed by atoms with Gasteiger partial charge in [-0.3, -0.25) is 4.79 Å². The molecule has 1 fully saturated rings. The number of carboxylic acid groups (broad SMARTS) is 1. The van der Waals surface area contributed by atoms with Crippen LogP contribution in [-0.2, 0) is 6.54 Å². The van der Waals surface area contributed by atoms with Crippen molar-refractivity contribution in [1.82, 2.24) is 15.6 Å². The lowest BCUT2D eigenvalue weighted by Crippen LogP contribution is -2.48. The molecule has 8 nitrogen and oxygen atoms in total. The molecule has 0 saturated heterocycles. The molecule has 1 aromatic heterocycles. The van der Waals surface area contributed by atoms with Gasteiger partial charge in [0.05, 0.1) is 16.1 Å². The second-order valence-electron chi connectivity index (χ2n) is 7.74. The molecule has 2 heterocycles. The fourth-order valence-corrected chi connectivity index (χ4v) is 4.68. The molecule has 1 aliphatic carbocycles. The lowest BCUT2D eigenvalue weighted by atomic mass is 9.90. The Hall–Kier alpha value is -2.81. The number of benzene rings is 1. The van der Waals surface area contributed by atoms with Crippen molar-refractivity contribution in [3.63, 3.8) is 0 Å². The molecule has 2 unspecified atom stereocenters. The topological polar surface area (TPSA) is 115 Å². The van der Waals surface area contributed by atoms with Crippen molar-refractivity contribution >= 4 is 45.3 Å². The largest absolute Gasteiger partial charge is 0.465 e. The summed E-state index contributed by atoms with van der Waals surface area (Å²) in [6.07, 6.45) is 2.60. The molecule has 1 aliphatic heterocycles. The Morgan fingerprint density at radius 1 is 1.23 bits per heavy atom. The third-order valence-electron chi connectivity index (χ3n) is 5.57. The Labute approximate surface area is 183 Å². The van der Waals surface area contributed by atoms with Crippen molar-refractivity contribution in [2.24, 2.45) is 0 Å². The summed E-state index contributed by atoms with van der Waals surface area (Å²) in [5, 5.41) is 21.4. The highest BCUT2D eigenvalue weighted by molar-refractivity contribution is 9.10. The van der Waals surface area contributed by atoms with E-state index in [1.807, 2.05) is 31.2 Å². The summed E-state index contributed by atoms with van der Waals surface area (Å²) >= 11 is 3.61. The molecule has 1 saturated carbocycles. The van der Waals surface area contributed by atoms with E-state index < -0.39 is 6.09 Å². The lowest BCUT2D eigenvalue weighted by Gasteiger charge is -2.32. The second-order valence-corrected chi connectivity index (χ2v) is 8.54. The number of hydrogen-bond acceptors (Lipinski definition) is 5. The van der Waals surface area contributed by atoms with E-state index in [1.54, 1.807) is 0 Å². The van der Waals surface area contributed by atoms with Crippen LogP contribution in [0.15, 0.2) is 28.7 Å². The molecule has 158 valence electrons. The molecule has 2 atom stereocenters. The number of amides is 2. The number of rotatable bonds is 5. The summed E-state index contributed by atoms with van der Waals surface area (Å²) in [6, 6.07) is 7.60. The first-order valence-corrected chi connectivity index (χ1v) is 10.8. The van der Waals surface area contributed by atoms with Crippen LogP contribution < -0.4 is 21.3 Å². The van der Waals surface area contributed by atoms with E-state index in [0.717, 1.165) is 47.0 Å². The summed E-state index contributed by atoms with van der Waals surface area (Å²) in [7, 11) is 0. The number of anilines is 3. The highest BCUT2D eigenvalue weighted by Crippen LogP contribution is 2.37. The highest BCUT2D eigenvalue weighted by Gasteiger charge is 2.31. The van der Waals surface area contributed by atoms with Gasteiger partial charge in [-0.15, -0.1) is 0 Å².